The van der Waals surface area contributed by atoms with E-state index in [0.29, 0.717) is 18.6 Å². The molecule has 0 aliphatic carbocycles. The number of sulfonamides is 1. The summed E-state index contributed by atoms with van der Waals surface area (Å²) in [7, 11) is -3.79. The van der Waals surface area contributed by atoms with Gasteiger partial charge in [-0.1, -0.05) is 18.2 Å². The van der Waals surface area contributed by atoms with Crippen LogP contribution in [0.2, 0.25) is 0 Å². The van der Waals surface area contributed by atoms with Gasteiger partial charge in [0.2, 0.25) is 15.9 Å². The first kappa shape index (κ1) is 22.4. The van der Waals surface area contributed by atoms with Gasteiger partial charge in [-0.05, 0) is 37.6 Å². The second-order valence-electron chi connectivity index (χ2n) is 8.78. The van der Waals surface area contributed by atoms with Crippen LogP contribution in [0, 0.1) is 0 Å². The Bertz CT molecular complexity index is 1540. The fraction of sp³-hybridized carbons (Fsp3) is 0.333. The number of rotatable bonds is 5. The minimum absolute atomic E-state index is 0.0278. The molecule has 2 aromatic heterocycles. The van der Waals surface area contributed by atoms with Crippen LogP contribution in [0.25, 0.3) is 22.0 Å². The van der Waals surface area contributed by atoms with Gasteiger partial charge in [-0.15, -0.1) is 0 Å². The molecule has 0 radical (unpaired) electrons. The number of aromatic nitrogens is 2. The molecule has 3 heterocycles. The average molecular weight is 483 g/mol. The minimum Gasteiger partial charge on any atom is -0.408 e. The van der Waals surface area contributed by atoms with Gasteiger partial charge in [-0.25, -0.2) is 13.2 Å². The van der Waals surface area contributed by atoms with E-state index in [1.807, 2.05) is 44.3 Å². The van der Waals surface area contributed by atoms with Crippen LogP contribution in [-0.4, -0.2) is 59.3 Å². The number of amides is 1. The Morgan fingerprint density at radius 2 is 1.82 bits per heavy atom. The number of carbonyl (C=O) groups is 1. The second-order valence-corrected chi connectivity index (χ2v) is 10.7. The lowest BCUT2D eigenvalue weighted by atomic mass is 10.1. The van der Waals surface area contributed by atoms with Crippen molar-refractivity contribution in [1.82, 2.24) is 18.8 Å². The minimum atomic E-state index is -3.79. The van der Waals surface area contributed by atoms with Gasteiger partial charge in [-0.3, -0.25) is 9.36 Å². The third-order valence-corrected chi connectivity index (χ3v) is 8.24. The number of hydrogen-bond acceptors (Lipinski definition) is 5. The topological polar surface area (TPSA) is 109 Å². The van der Waals surface area contributed by atoms with Gasteiger partial charge in [0.25, 0.3) is 0 Å². The van der Waals surface area contributed by atoms with Gasteiger partial charge in [-0.2, -0.15) is 4.31 Å². The molecule has 1 aliphatic rings. The van der Waals surface area contributed by atoms with Gasteiger partial charge in [0.05, 0.1) is 16.8 Å². The maximum atomic E-state index is 13.2. The molecule has 1 amide bonds. The summed E-state index contributed by atoms with van der Waals surface area (Å²) < 4.78 is 34.6. The number of aromatic amines is 1. The molecule has 1 saturated heterocycles. The van der Waals surface area contributed by atoms with E-state index in [1.165, 1.54) is 21.0 Å². The predicted molar refractivity (Wildman–Crippen MR) is 128 cm³/mol. The molecule has 1 aliphatic heterocycles. The molecule has 5 rings (SSSR count). The number of H-pyrrole nitrogens is 1. The predicted octanol–water partition coefficient (Wildman–Crippen LogP) is 2.73. The first-order valence-corrected chi connectivity index (χ1v) is 12.7. The molecular formula is C24H26N4O5S. The molecule has 0 unspecified atom stereocenters. The van der Waals surface area contributed by atoms with Crippen molar-refractivity contribution in [2.24, 2.45) is 0 Å². The lowest BCUT2D eigenvalue weighted by molar-refractivity contribution is -0.131. The maximum Gasteiger partial charge on any atom is 0.420 e. The molecule has 1 N–H and O–H groups in total. The molecule has 0 spiro atoms. The Balaban J connectivity index is 1.29. The number of piperazine rings is 1. The highest BCUT2D eigenvalue weighted by molar-refractivity contribution is 7.89. The number of fused-ring (bicyclic) bond motifs is 2. The van der Waals surface area contributed by atoms with Crippen LogP contribution in [0.5, 0.6) is 0 Å². The summed E-state index contributed by atoms with van der Waals surface area (Å²) in [5.41, 5.74) is 2.72. The fourth-order valence-electron chi connectivity index (χ4n) is 4.55. The molecule has 9 nitrogen and oxygen atoms in total. The molecule has 10 heteroatoms. The van der Waals surface area contributed by atoms with E-state index in [1.54, 1.807) is 11.0 Å². The molecule has 0 atom stereocenters. The van der Waals surface area contributed by atoms with E-state index in [4.69, 9.17) is 4.42 Å². The summed E-state index contributed by atoms with van der Waals surface area (Å²) in [6.45, 7) is 4.78. The molecule has 2 aromatic carbocycles. The van der Waals surface area contributed by atoms with E-state index in [-0.39, 0.29) is 41.9 Å². The smallest absolute Gasteiger partial charge is 0.408 e. The largest absolute Gasteiger partial charge is 0.420 e. The first-order valence-electron chi connectivity index (χ1n) is 11.2. The molecule has 178 valence electrons. The number of benzene rings is 2. The van der Waals surface area contributed by atoms with E-state index in [0.717, 1.165) is 16.5 Å². The van der Waals surface area contributed by atoms with Crippen LogP contribution < -0.4 is 5.76 Å². The van der Waals surface area contributed by atoms with Crippen molar-refractivity contribution in [3.05, 3.63) is 64.8 Å². The van der Waals surface area contributed by atoms with Crippen LogP contribution >= 0.6 is 0 Å². The monoisotopic (exact) mass is 482 g/mol. The van der Waals surface area contributed by atoms with Crippen molar-refractivity contribution in [2.75, 3.05) is 26.2 Å². The lowest BCUT2D eigenvalue weighted by Crippen LogP contribution is -2.50. The summed E-state index contributed by atoms with van der Waals surface area (Å²) >= 11 is 0. The average Bonchev–Trinajstić information content (AvgIpc) is 3.38. The van der Waals surface area contributed by atoms with Crippen molar-refractivity contribution in [1.29, 1.82) is 0 Å². The Morgan fingerprint density at radius 1 is 1.09 bits per heavy atom. The van der Waals surface area contributed by atoms with Gasteiger partial charge in [0, 0.05) is 55.4 Å². The van der Waals surface area contributed by atoms with E-state index in [2.05, 4.69) is 4.98 Å². The van der Waals surface area contributed by atoms with Crippen molar-refractivity contribution < 1.29 is 17.6 Å². The number of nitrogens with one attached hydrogen (secondary N) is 1. The normalized spacial score (nSPS) is 15.6. The standard InChI is InChI=1S/C24H26N4O5S/c1-16(2)28-21-8-7-18(14-22(21)33-24(28)30)34(31,32)27-11-9-26(10-12-27)23(29)13-17-15-25-20-6-4-3-5-19(17)20/h3-8,14-16,25H,9-13H2,1-2H3. The zero-order valence-electron chi connectivity index (χ0n) is 19.0. The van der Waals surface area contributed by atoms with E-state index >= 15 is 0 Å². The number of carbonyl (C=O) groups excluding carboxylic acids is 1. The third-order valence-electron chi connectivity index (χ3n) is 6.35. The third kappa shape index (κ3) is 3.82. The van der Waals surface area contributed by atoms with Crippen LogP contribution in [0.3, 0.4) is 0 Å². The fourth-order valence-corrected chi connectivity index (χ4v) is 5.98. The van der Waals surface area contributed by atoms with Gasteiger partial charge >= 0.3 is 5.76 Å². The molecule has 34 heavy (non-hydrogen) atoms. The summed E-state index contributed by atoms with van der Waals surface area (Å²) in [6, 6.07) is 12.2. The van der Waals surface area contributed by atoms with Crippen LogP contribution in [-0.2, 0) is 21.2 Å². The number of nitrogens with zero attached hydrogens (tertiary/aromatic N) is 3. The van der Waals surface area contributed by atoms with Gasteiger partial charge in [0.15, 0.2) is 5.58 Å². The Kier molecular flexibility index (Phi) is 5.57. The summed E-state index contributed by atoms with van der Waals surface area (Å²) in [5, 5.41) is 1.02. The van der Waals surface area contributed by atoms with E-state index < -0.39 is 15.8 Å². The highest BCUT2D eigenvalue weighted by atomic mass is 32.2. The Morgan fingerprint density at radius 3 is 2.56 bits per heavy atom. The molecular weight excluding hydrogens is 456 g/mol. The van der Waals surface area contributed by atoms with Gasteiger partial charge in [0.1, 0.15) is 0 Å². The lowest BCUT2D eigenvalue weighted by Gasteiger charge is -2.34. The van der Waals surface area contributed by atoms with E-state index in [9.17, 15) is 18.0 Å². The quantitative estimate of drug-likeness (QED) is 0.471. The maximum absolute atomic E-state index is 13.2. The summed E-state index contributed by atoms with van der Waals surface area (Å²) in [5.74, 6) is -0.540. The van der Waals surface area contributed by atoms with Crippen LogP contribution in [0.1, 0.15) is 25.5 Å². The molecule has 0 saturated carbocycles. The van der Waals surface area contributed by atoms with Gasteiger partial charge < -0.3 is 14.3 Å². The SMILES string of the molecule is CC(C)n1c(=O)oc2cc(S(=O)(=O)N3CCN(C(=O)Cc4c[nH]c5ccccc45)CC3)ccc21. The Hall–Kier alpha value is -3.37. The zero-order valence-corrected chi connectivity index (χ0v) is 19.8. The zero-order chi connectivity index (χ0) is 24.0. The molecule has 0 bridgehead atoms. The number of hydrogen-bond donors (Lipinski definition) is 1. The second kappa shape index (κ2) is 8.44. The Labute approximate surface area is 196 Å². The van der Waals surface area contributed by atoms with Crippen molar-refractivity contribution in [2.45, 2.75) is 31.2 Å². The van der Waals surface area contributed by atoms with Crippen molar-refractivity contribution in [3.63, 3.8) is 0 Å². The number of para-hydroxylation sites is 1. The van der Waals surface area contributed by atoms with Crippen molar-refractivity contribution in [3.8, 4) is 0 Å². The molecule has 4 aromatic rings. The summed E-state index contributed by atoms with van der Waals surface area (Å²) in [6.07, 6.45) is 2.11. The summed E-state index contributed by atoms with van der Waals surface area (Å²) in [4.78, 5) is 30.0. The molecule has 1 fully saturated rings. The number of oxazole rings is 1. The first-order chi connectivity index (χ1) is 16.3. The highest BCUT2D eigenvalue weighted by Gasteiger charge is 2.31. The van der Waals surface area contributed by atoms with Crippen molar-refractivity contribution >= 4 is 37.9 Å². The van der Waals surface area contributed by atoms with Crippen LogP contribution in [0.15, 0.2) is 62.8 Å². The van der Waals surface area contributed by atoms with Crippen LogP contribution in [0.4, 0.5) is 0 Å². The highest BCUT2D eigenvalue weighted by Crippen LogP contribution is 2.24.